The molecule has 2 heterocycles. The predicted molar refractivity (Wildman–Crippen MR) is 90.6 cm³/mol. The fourth-order valence-electron chi connectivity index (χ4n) is 2.24. The lowest BCUT2D eigenvalue weighted by atomic mass is 10.2. The second-order valence-electron chi connectivity index (χ2n) is 4.93. The average molecular weight is 349 g/mol. The van der Waals surface area contributed by atoms with Crippen molar-refractivity contribution >= 4 is 33.4 Å². The van der Waals surface area contributed by atoms with Crippen LogP contribution in [0.2, 0.25) is 0 Å². The molecule has 0 aliphatic carbocycles. The normalized spacial score (nSPS) is 15.7. The van der Waals surface area contributed by atoms with E-state index < -0.39 is 10.0 Å². The maximum absolute atomic E-state index is 12.1. The first-order chi connectivity index (χ1) is 11.0. The number of aryl methyl sites for hydroxylation is 1. The Morgan fingerprint density at radius 2 is 2.09 bits per heavy atom. The minimum absolute atomic E-state index is 0.156. The largest absolute Gasteiger partial charge is 0.394 e. The lowest BCUT2D eigenvalue weighted by Crippen LogP contribution is -2.28. The van der Waals surface area contributed by atoms with Gasteiger partial charge in [0, 0.05) is 15.3 Å². The van der Waals surface area contributed by atoms with Crippen LogP contribution in [-0.4, -0.2) is 43.7 Å². The van der Waals surface area contributed by atoms with Gasteiger partial charge in [-0.25, -0.2) is 5.01 Å². The fourth-order valence-corrected chi connectivity index (χ4v) is 4.19. The molecule has 3 rings (SSSR count). The Balaban J connectivity index is 1.97. The number of aliphatic hydroxyl groups is 1. The zero-order valence-electron chi connectivity index (χ0n) is 12.4. The van der Waals surface area contributed by atoms with Gasteiger partial charge >= 0.3 is 0 Å². The standard InChI is InChI=1S/C15H15N3O3S2/c1-11-6-7-12(22-11)10-16-18(8-9-19)15-13-4-2-3-5-14(13)23(20,21)17-15/h2-7,10,19H,8-9H2,1H3/b16-10+. The highest BCUT2D eigenvalue weighted by molar-refractivity contribution is 7.90. The molecule has 1 aromatic heterocycles. The van der Waals surface area contributed by atoms with E-state index >= 15 is 0 Å². The van der Waals surface area contributed by atoms with Crippen LogP contribution in [0.1, 0.15) is 15.3 Å². The monoisotopic (exact) mass is 349 g/mol. The number of sulfonamides is 1. The van der Waals surface area contributed by atoms with E-state index in [9.17, 15) is 13.5 Å². The highest BCUT2D eigenvalue weighted by atomic mass is 32.2. The van der Waals surface area contributed by atoms with Gasteiger partial charge in [0.15, 0.2) is 5.84 Å². The molecule has 1 aliphatic rings. The quantitative estimate of drug-likeness (QED) is 0.674. The van der Waals surface area contributed by atoms with E-state index in [2.05, 4.69) is 9.50 Å². The minimum Gasteiger partial charge on any atom is -0.394 e. The van der Waals surface area contributed by atoms with E-state index in [0.29, 0.717) is 5.56 Å². The average Bonchev–Trinajstić information content (AvgIpc) is 3.06. The van der Waals surface area contributed by atoms with Gasteiger partial charge in [0.1, 0.15) is 4.90 Å². The van der Waals surface area contributed by atoms with E-state index in [-0.39, 0.29) is 23.9 Å². The molecule has 0 radical (unpaired) electrons. The van der Waals surface area contributed by atoms with E-state index in [1.165, 1.54) is 11.1 Å². The summed E-state index contributed by atoms with van der Waals surface area (Å²) in [4.78, 5) is 2.27. The molecule has 1 aromatic carbocycles. The Labute approximate surface area is 138 Å². The minimum atomic E-state index is -3.70. The molecule has 1 aliphatic heterocycles. The summed E-state index contributed by atoms with van der Waals surface area (Å²) < 4.78 is 28.1. The summed E-state index contributed by atoms with van der Waals surface area (Å²) >= 11 is 1.58. The summed E-state index contributed by atoms with van der Waals surface area (Å²) in [5.74, 6) is 0.235. The summed E-state index contributed by atoms with van der Waals surface area (Å²) in [6, 6.07) is 10.5. The van der Waals surface area contributed by atoms with E-state index in [1.54, 1.807) is 35.8 Å². The van der Waals surface area contributed by atoms with Crippen molar-refractivity contribution < 1.29 is 13.5 Å². The van der Waals surface area contributed by atoms with Crippen molar-refractivity contribution in [3.63, 3.8) is 0 Å². The van der Waals surface area contributed by atoms with E-state index in [0.717, 1.165) is 9.75 Å². The summed E-state index contributed by atoms with van der Waals surface area (Å²) in [7, 11) is -3.70. The van der Waals surface area contributed by atoms with Gasteiger partial charge in [-0.1, -0.05) is 12.1 Å². The smallest absolute Gasteiger partial charge is 0.285 e. The summed E-state index contributed by atoms with van der Waals surface area (Å²) in [5.41, 5.74) is 0.500. The molecule has 0 spiro atoms. The van der Waals surface area contributed by atoms with Crippen molar-refractivity contribution in [2.24, 2.45) is 9.50 Å². The molecule has 120 valence electrons. The van der Waals surface area contributed by atoms with E-state index in [1.807, 2.05) is 19.1 Å². The van der Waals surface area contributed by atoms with Crippen LogP contribution in [0, 0.1) is 6.92 Å². The number of nitrogens with zero attached hydrogens (tertiary/aromatic N) is 3. The van der Waals surface area contributed by atoms with E-state index in [4.69, 9.17) is 0 Å². The highest BCUT2D eigenvalue weighted by Gasteiger charge is 2.31. The van der Waals surface area contributed by atoms with Gasteiger partial charge < -0.3 is 5.11 Å². The number of amidine groups is 1. The van der Waals surface area contributed by atoms with Crippen LogP contribution in [0.4, 0.5) is 0 Å². The van der Waals surface area contributed by atoms with Gasteiger partial charge in [-0.3, -0.25) is 0 Å². The molecule has 0 saturated carbocycles. The van der Waals surface area contributed by atoms with Crippen LogP contribution in [-0.2, 0) is 10.0 Å². The first-order valence-electron chi connectivity index (χ1n) is 6.94. The third kappa shape index (κ3) is 3.19. The Bertz CT molecular complexity index is 885. The molecule has 0 bridgehead atoms. The van der Waals surface area contributed by atoms with Crippen molar-refractivity contribution in [1.29, 1.82) is 0 Å². The number of hydrogen-bond donors (Lipinski definition) is 1. The number of thiophene rings is 1. The van der Waals surface area contributed by atoms with Crippen molar-refractivity contribution in [1.82, 2.24) is 5.01 Å². The zero-order chi connectivity index (χ0) is 16.4. The van der Waals surface area contributed by atoms with Crippen LogP contribution in [0.25, 0.3) is 0 Å². The van der Waals surface area contributed by atoms with Crippen LogP contribution in [0.15, 0.2) is 50.8 Å². The lowest BCUT2D eigenvalue weighted by Gasteiger charge is -2.17. The van der Waals surface area contributed by atoms with Crippen molar-refractivity contribution in [2.75, 3.05) is 13.2 Å². The maximum Gasteiger partial charge on any atom is 0.285 e. The van der Waals surface area contributed by atoms with Crippen molar-refractivity contribution in [3.05, 3.63) is 51.7 Å². The third-order valence-electron chi connectivity index (χ3n) is 3.25. The molecule has 6 nitrogen and oxygen atoms in total. The topological polar surface area (TPSA) is 82.3 Å². The number of hydrogen-bond acceptors (Lipinski definition) is 6. The SMILES string of the molecule is Cc1ccc(/C=N/N(CCO)C2=NS(=O)(=O)c3ccccc32)s1. The Hall–Kier alpha value is -2.03. The summed E-state index contributed by atoms with van der Waals surface area (Å²) in [6.07, 6.45) is 1.64. The molecule has 23 heavy (non-hydrogen) atoms. The molecule has 0 saturated heterocycles. The Morgan fingerprint density at radius 3 is 2.78 bits per heavy atom. The molecule has 0 atom stereocenters. The Morgan fingerprint density at radius 1 is 1.30 bits per heavy atom. The number of aliphatic hydroxyl groups excluding tert-OH is 1. The molecule has 8 heteroatoms. The fraction of sp³-hybridized carbons (Fsp3) is 0.200. The molecular formula is C15H15N3O3S2. The van der Waals surface area contributed by atoms with Crippen molar-refractivity contribution in [2.45, 2.75) is 11.8 Å². The Kier molecular flexibility index (Phi) is 4.29. The van der Waals surface area contributed by atoms with Crippen molar-refractivity contribution in [3.8, 4) is 0 Å². The van der Waals surface area contributed by atoms with Gasteiger partial charge in [-0.2, -0.15) is 13.5 Å². The molecule has 0 unspecified atom stereocenters. The van der Waals surface area contributed by atoms with Crippen LogP contribution < -0.4 is 0 Å². The first kappa shape index (κ1) is 15.9. The van der Waals surface area contributed by atoms with Gasteiger partial charge in [-0.05, 0) is 31.2 Å². The van der Waals surface area contributed by atoms with Gasteiger partial charge in [0.25, 0.3) is 10.0 Å². The highest BCUT2D eigenvalue weighted by Crippen LogP contribution is 2.27. The number of hydrazone groups is 1. The zero-order valence-corrected chi connectivity index (χ0v) is 14.0. The predicted octanol–water partition coefficient (Wildman–Crippen LogP) is 1.83. The molecule has 2 aromatic rings. The summed E-state index contributed by atoms with van der Waals surface area (Å²) in [6.45, 7) is 1.99. The molecule has 0 amide bonds. The van der Waals surface area contributed by atoms with Gasteiger partial charge in [-0.15, -0.1) is 15.7 Å². The molecule has 1 N–H and O–H groups in total. The van der Waals surface area contributed by atoms with Gasteiger partial charge in [0.2, 0.25) is 0 Å². The molecule has 0 fully saturated rings. The lowest BCUT2D eigenvalue weighted by molar-refractivity contribution is 0.254. The third-order valence-corrected chi connectivity index (χ3v) is 5.51. The first-order valence-corrected chi connectivity index (χ1v) is 9.20. The number of rotatable bonds is 4. The van der Waals surface area contributed by atoms with Crippen LogP contribution in [0.5, 0.6) is 0 Å². The maximum atomic E-state index is 12.1. The van der Waals surface area contributed by atoms with Crippen LogP contribution in [0.3, 0.4) is 0 Å². The number of benzene rings is 1. The second kappa shape index (κ2) is 6.23. The van der Waals surface area contributed by atoms with Gasteiger partial charge in [0.05, 0.1) is 19.4 Å². The number of fused-ring (bicyclic) bond motifs is 1. The molecular weight excluding hydrogens is 334 g/mol. The second-order valence-corrected chi connectivity index (χ2v) is 7.82. The van der Waals surface area contributed by atoms with Crippen LogP contribution >= 0.6 is 11.3 Å². The summed E-state index contributed by atoms with van der Waals surface area (Å²) in [5, 5.41) is 15.0.